The molecule has 8 rings (SSSR count). The van der Waals surface area contributed by atoms with Gasteiger partial charge in [-0.1, -0.05) is 90.0 Å². The highest BCUT2D eigenvalue weighted by molar-refractivity contribution is 6.32. The molecule has 0 spiro atoms. The summed E-state index contributed by atoms with van der Waals surface area (Å²) in [5.41, 5.74) is 1.08. The van der Waals surface area contributed by atoms with E-state index < -0.39 is 52.8 Å². The van der Waals surface area contributed by atoms with Crippen LogP contribution >= 0.6 is 11.6 Å². The molecule has 2 fully saturated rings. The highest BCUT2D eigenvalue weighted by atomic mass is 35.5. The SMILES string of the molecule is O=C(O)c1cccc(N2C(=O)[C@H]3[C@H](CC=C4[C@H]3C[C@H]3C(=O)C(c5ccccc5)=CC(=O)[C@@]3(c3ccccc3)[C@H]4c3cc(Cl)ccc3O)C2=O)c1. The van der Waals surface area contributed by atoms with E-state index in [2.05, 4.69) is 0 Å². The lowest BCUT2D eigenvalue weighted by molar-refractivity contribution is -0.135. The Morgan fingerprint density at radius 2 is 1.54 bits per heavy atom. The first-order valence-corrected chi connectivity index (χ1v) is 16.8. The molecule has 248 valence electrons. The third-order valence-corrected chi connectivity index (χ3v) is 11.3. The molecular formula is C41H30ClNO7. The number of benzene rings is 4. The Bertz CT molecular complexity index is 2190. The predicted octanol–water partition coefficient (Wildman–Crippen LogP) is 6.77. The number of carboxylic acids is 1. The number of imide groups is 1. The van der Waals surface area contributed by atoms with E-state index in [1.165, 1.54) is 36.4 Å². The van der Waals surface area contributed by atoms with Crippen molar-refractivity contribution in [1.29, 1.82) is 0 Å². The number of rotatable bonds is 5. The lowest BCUT2D eigenvalue weighted by atomic mass is 9.44. The number of Topliss-reactive ketones (excluding diaryl/α,β-unsaturated/α-hetero) is 1. The fraction of sp³-hybridized carbons (Fsp3) is 0.195. The van der Waals surface area contributed by atoms with Gasteiger partial charge >= 0.3 is 5.97 Å². The number of fused-ring (bicyclic) bond motifs is 4. The Labute approximate surface area is 292 Å². The zero-order valence-electron chi connectivity index (χ0n) is 26.5. The topological polar surface area (TPSA) is 129 Å². The summed E-state index contributed by atoms with van der Waals surface area (Å²) >= 11 is 6.56. The van der Waals surface area contributed by atoms with Gasteiger partial charge in [0, 0.05) is 28.0 Å². The van der Waals surface area contributed by atoms with Gasteiger partial charge in [-0.05, 0) is 72.4 Å². The van der Waals surface area contributed by atoms with Crippen LogP contribution in [-0.4, -0.2) is 39.6 Å². The number of allylic oxidation sites excluding steroid dienone is 4. The van der Waals surface area contributed by atoms with Gasteiger partial charge in [0.25, 0.3) is 0 Å². The first kappa shape index (κ1) is 31.7. The monoisotopic (exact) mass is 683 g/mol. The minimum atomic E-state index is -1.50. The second kappa shape index (κ2) is 11.8. The van der Waals surface area contributed by atoms with Crippen molar-refractivity contribution < 1.29 is 34.2 Å². The maximum atomic E-state index is 15.1. The van der Waals surface area contributed by atoms with Gasteiger partial charge < -0.3 is 10.2 Å². The van der Waals surface area contributed by atoms with Crippen LogP contribution in [0.15, 0.2) is 121 Å². The Morgan fingerprint density at radius 1 is 0.820 bits per heavy atom. The van der Waals surface area contributed by atoms with Gasteiger partial charge in [-0.2, -0.15) is 0 Å². The number of carbonyl (C=O) groups excluding carboxylic acids is 4. The summed E-state index contributed by atoms with van der Waals surface area (Å²) in [6, 6.07) is 28.4. The number of ketones is 2. The highest BCUT2D eigenvalue weighted by Crippen LogP contribution is 2.64. The molecule has 3 aliphatic carbocycles. The molecule has 8 nitrogen and oxygen atoms in total. The zero-order valence-corrected chi connectivity index (χ0v) is 27.3. The van der Waals surface area contributed by atoms with E-state index in [9.17, 15) is 29.4 Å². The van der Waals surface area contributed by atoms with Gasteiger partial charge in [-0.25, -0.2) is 4.79 Å². The molecule has 1 saturated heterocycles. The normalized spacial score (nSPS) is 27.2. The smallest absolute Gasteiger partial charge is 0.335 e. The highest BCUT2D eigenvalue weighted by Gasteiger charge is 2.66. The Balaban J connectivity index is 1.36. The van der Waals surface area contributed by atoms with Gasteiger partial charge in [0.1, 0.15) is 5.75 Å². The fourth-order valence-corrected chi connectivity index (χ4v) is 9.19. The molecule has 50 heavy (non-hydrogen) atoms. The molecular weight excluding hydrogens is 654 g/mol. The van der Waals surface area contributed by atoms with Crippen LogP contribution in [0.1, 0.15) is 45.8 Å². The van der Waals surface area contributed by atoms with Crippen molar-refractivity contribution in [2.75, 3.05) is 4.90 Å². The van der Waals surface area contributed by atoms with Crippen LogP contribution < -0.4 is 4.90 Å². The first-order valence-electron chi connectivity index (χ1n) is 16.4. The Morgan fingerprint density at radius 3 is 2.26 bits per heavy atom. The Hall–Kier alpha value is -5.60. The van der Waals surface area contributed by atoms with E-state index in [0.29, 0.717) is 27.3 Å². The summed E-state index contributed by atoms with van der Waals surface area (Å²) in [6.45, 7) is 0. The molecule has 0 bridgehead atoms. The lowest BCUT2D eigenvalue weighted by Crippen LogP contribution is -2.58. The second-order valence-corrected chi connectivity index (χ2v) is 13.8. The molecule has 4 aromatic carbocycles. The number of halogens is 1. The number of phenols is 1. The third kappa shape index (κ3) is 4.55. The molecule has 4 aliphatic rings. The van der Waals surface area contributed by atoms with E-state index in [-0.39, 0.29) is 47.0 Å². The van der Waals surface area contributed by atoms with Gasteiger partial charge in [0.15, 0.2) is 11.6 Å². The summed E-state index contributed by atoms with van der Waals surface area (Å²) in [6.07, 6.45) is 3.59. The van der Waals surface area contributed by atoms with Crippen LogP contribution in [0, 0.1) is 23.7 Å². The molecule has 0 aromatic heterocycles. The summed E-state index contributed by atoms with van der Waals surface area (Å²) in [7, 11) is 0. The summed E-state index contributed by atoms with van der Waals surface area (Å²) < 4.78 is 0. The van der Waals surface area contributed by atoms with Gasteiger partial charge in [0.05, 0.1) is 28.5 Å². The summed E-state index contributed by atoms with van der Waals surface area (Å²) in [5, 5.41) is 21.4. The molecule has 0 unspecified atom stereocenters. The molecule has 1 saturated carbocycles. The average Bonchev–Trinajstić information content (AvgIpc) is 3.39. The number of anilines is 1. The molecule has 6 atom stereocenters. The first-order chi connectivity index (χ1) is 24.1. The molecule has 1 heterocycles. The van der Waals surface area contributed by atoms with E-state index in [0.717, 1.165) is 4.90 Å². The van der Waals surface area contributed by atoms with E-state index in [1.807, 2.05) is 42.5 Å². The summed E-state index contributed by atoms with van der Waals surface area (Å²) in [5.74, 6) is -7.02. The number of hydrogen-bond donors (Lipinski definition) is 2. The fourth-order valence-electron chi connectivity index (χ4n) is 9.01. The van der Waals surface area contributed by atoms with Crippen LogP contribution in [0.25, 0.3) is 5.57 Å². The minimum Gasteiger partial charge on any atom is -0.508 e. The molecule has 1 aliphatic heterocycles. The third-order valence-electron chi connectivity index (χ3n) is 11.0. The molecule has 4 aromatic rings. The number of hydrogen-bond acceptors (Lipinski definition) is 6. The van der Waals surface area contributed by atoms with Gasteiger partial charge in [-0.3, -0.25) is 24.1 Å². The van der Waals surface area contributed by atoms with Crippen LogP contribution in [0.2, 0.25) is 5.02 Å². The van der Waals surface area contributed by atoms with Crippen molar-refractivity contribution in [2.45, 2.75) is 24.2 Å². The lowest BCUT2D eigenvalue weighted by Gasteiger charge is -2.55. The van der Waals surface area contributed by atoms with E-state index in [4.69, 9.17) is 11.6 Å². The van der Waals surface area contributed by atoms with Crippen molar-refractivity contribution in [1.82, 2.24) is 0 Å². The number of carbonyl (C=O) groups is 5. The second-order valence-electron chi connectivity index (χ2n) is 13.4. The maximum Gasteiger partial charge on any atom is 0.335 e. The minimum absolute atomic E-state index is 0.0647. The van der Waals surface area contributed by atoms with Crippen molar-refractivity contribution in [3.8, 4) is 5.75 Å². The zero-order chi connectivity index (χ0) is 34.9. The number of aromatic hydroxyl groups is 1. The average molecular weight is 684 g/mol. The maximum absolute atomic E-state index is 15.1. The van der Waals surface area contributed by atoms with Crippen LogP contribution in [0.5, 0.6) is 5.75 Å². The van der Waals surface area contributed by atoms with Gasteiger partial charge in [0.2, 0.25) is 11.8 Å². The number of nitrogens with zero attached hydrogens (tertiary/aromatic N) is 1. The van der Waals surface area contributed by atoms with Crippen molar-refractivity contribution in [3.63, 3.8) is 0 Å². The van der Waals surface area contributed by atoms with Gasteiger partial charge in [-0.15, -0.1) is 0 Å². The van der Waals surface area contributed by atoms with Crippen LogP contribution in [0.3, 0.4) is 0 Å². The Kier molecular flexibility index (Phi) is 7.45. The molecule has 0 radical (unpaired) electrons. The summed E-state index contributed by atoms with van der Waals surface area (Å²) in [4.78, 5) is 71.4. The number of carboxylic acid groups (broad SMARTS) is 1. The van der Waals surface area contributed by atoms with E-state index >= 15 is 4.79 Å². The predicted molar refractivity (Wildman–Crippen MR) is 186 cm³/mol. The number of phenolic OH excluding ortho intramolecular Hbond substituents is 1. The largest absolute Gasteiger partial charge is 0.508 e. The molecule has 2 N–H and O–H groups in total. The van der Waals surface area contributed by atoms with E-state index in [1.54, 1.807) is 36.4 Å². The number of aromatic carboxylic acids is 1. The van der Waals surface area contributed by atoms with Crippen molar-refractivity contribution >= 4 is 52.2 Å². The standard InChI is InChI=1S/C41H30ClNO7/c42-25-14-17-33(44)31(19-25)36-27-15-16-28-35(39(48)43(38(28)47)26-13-7-10-23(18-26)40(49)50)30(27)20-32-37(46)29(22-8-3-1-4-9-22)21-34(45)41(32,36)24-11-5-2-6-12-24/h1-15,17-19,21,28,30,32,35-36,44H,16,20H2,(H,49,50)/t28-,30+,32-,35-,36+,41-/m0/s1. The number of amides is 2. The molecule has 2 amide bonds. The van der Waals surface area contributed by atoms with Crippen LogP contribution in [-0.2, 0) is 24.6 Å². The van der Waals surface area contributed by atoms with Crippen molar-refractivity contribution in [2.24, 2.45) is 23.7 Å². The quantitative estimate of drug-likeness (QED) is 0.175. The van der Waals surface area contributed by atoms with Crippen molar-refractivity contribution in [3.05, 3.63) is 148 Å². The molecule has 9 heteroatoms. The van der Waals surface area contributed by atoms with Crippen LogP contribution in [0.4, 0.5) is 5.69 Å².